The first-order valence-corrected chi connectivity index (χ1v) is 5.63. The third kappa shape index (κ3) is 1.93. The topological polar surface area (TPSA) is 48.9 Å². The van der Waals surface area contributed by atoms with Crippen LogP contribution in [-0.2, 0) is 6.42 Å². The number of hydrogen-bond donors (Lipinski definition) is 2. The molecule has 2 aromatic carbocycles. The van der Waals surface area contributed by atoms with Crippen LogP contribution in [0, 0.1) is 5.82 Å². The summed E-state index contributed by atoms with van der Waals surface area (Å²) in [5, 5.41) is 9.69. The third-order valence-electron chi connectivity index (χ3n) is 2.84. The number of aromatic nitrogens is 2. The number of phenols is 1. The van der Waals surface area contributed by atoms with E-state index in [0.717, 1.165) is 11.1 Å². The van der Waals surface area contributed by atoms with Crippen molar-refractivity contribution in [3.63, 3.8) is 0 Å². The molecule has 0 saturated heterocycles. The quantitative estimate of drug-likeness (QED) is 0.725. The highest BCUT2D eigenvalue weighted by molar-refractivity contribution is 5.75. The highest BCUT2D eigenvalue weighted by atomic mass is 19.1. The fraction of sp³-hybridized carbons (Fsp3) is 0.0714. The molecule has 0 fully saturated rings. The molecule has 3 rings (SSSR count). The lowest BCUT2D eigenvalue weighted by molar-refractivity contribution is 0.469. The zero-order chi connectivity index (χ0) is 12.5. The van der Waals surface area contributed by atoms with E-state index < -0.39 is 0 Å². The Labute approximate surface area is 103 Å². The van der Waals surface area contributed by atoms with Gasteiger partial charge in [-0.25, -0.2) is 9.37 Å². The molecule has 0 aliphatic rings. The van der Waals surface area contributed by atoms with Crippen LogP contribution in [0.4, 0.5) is 4.39 Å². The van der Waals surface area contributed by atoms with E-state index in [0.29, 0.717) is 17.8 Å². The molecule has 0 spiro atoms. The summed E-state index contributed by atoms with van der Waals surface area (Å²) >= 11 is 0. The molecule has 3 aromatic rings. The number of hydrogen-bond acceptors (Lipinski definition) is 2. The summed E-state index contributed by atoms with van der Waals surface area (Å²) in [6, 6.07) is 11.5. The molecule has 0 atom stereocenters. The minimum Gasteiger partial charge on any atom is -0.508 e. The predicted octanol–water partition coefficient (Wildman–Crippen LogP) is 3.00. The van der Waals surface area contributed by atoms with Gasteiger partial charge in [-0.2, -0.15) is 0 Å². The summed E-state index contributed by atoms with van der Waals surface area (Å²) in [6.07, 6.45) is 0.489. The van der Waals surface area contributed by atoms with Crippen LogP contribution in [0.5, 0.6) is 5.75 Å². The van der Waals surface area contributed by atoms with Gasteiger partial charge >= 0.3 is 0 Å². The summed E-state index contributed by atoms with van der Waals surface area (Å²) < 4.78 is 13.0. The van der Waals surface area contributed by atoms with E-state index in [4.69, 9.17) is 0 Å². The summed E-state index contributed by atoms with van der Waals surface area (Å²) in [4.78, 5) is 7.41. The second-order valence-electron chi connectivity index (χ2n) is 4.15. The Bertz CT molecular complexity index is 706. The Morgan fingerprint density at radius 3 is 2.83 bits per heavy atom. The molecule has 0 saturated carbocycles. The Hall–Kier alpha value is -2.36. The molecular formula is C14H11FN2O. The second kappa shape index (κ2) is 4.14. The van der Waals surface area contributed by atoms with Crippen molar-refractivity contribution >= 4 is 11.0 Å². The Kier molecular flexibility index (Phi) is 2.48. The van der Waals surface area contributed by atoms with Crippen LogP contribution < -0.4 is 0 Å². The zero-order valence-corrected chi connectivity index (χ0v) is 9.52. The van der Waals surface area contributed by atoms with Crippen molar-refractivity contribution in [2.75, 3.05) is 0 Å². The van der Waals surface area contributed by atoms with Gasteiger partial charge in [0.05, 0.1) is 11.0 Å². The number of aromatic amines is 1. The van der Waals surface area contributed by atoms with Crippen LogP contribution >= 0.6 is 0 Å². The molecule has 0 amide bonds. The van der Waals surface area contributed by atoms with E-state index in [1.165, 1.54) is 12.1 Å². The predicted molar refractivity (Wildman–Crippen MR) is 67.0 cm³/mol. The largest absolute Gasteiger partial charge is 0.508 e. The van der Waals surface area contributed by atoms with Gasteiger partial charge in [0.15, 0.2) is 0 Å². The van der Waals surface area contributed by atoms with Crippen LogP contribution in [0.15, 0.2) is 42.5 Å². The van der Waals surface area contributed by atoms with Gasteiger partial charge < -0.3 is 10.1 Å². The lowest BCUT2D eigenvalue weighted by Crippen LogP contribution is -1.90. The molecule has 18 heavy (non-hydrogen) atoms. The minimum absolute atomic E-state index is 0.240. The molecule has 3 nitrogen and oxygen atoms in total. The van der Waals surface area contributed by atoms with E-state index in [1.807, 2.05) is 12.1 Å². The van der Waals surface area contributed by atoms with E-state index in [-0.39, 0.29) is 11.6 Å². The number of nitrogens with one attached hydrogen (secondary N) is 1. The first kappa shape index (κ1) is 10.8. The number of phenolic OH excluding ortho intramolecular Hbond substituents is 1. The van der Waals surface area contributed by atoms with E-state index in [1.54, 1.807) is 18.2 Å². The summed E-state index contributed by atoms with van der Waals surface area (Å²) in [5.41, 5.74) is 2.18. The summed E-state index contributed by atoms with van der Waals surface area (Å²) in [6.45, 7) is 0. The molecule has 1 heterocycles. The Morgan fingerprint density at radius 2 is 2.00 bits per heavy atom. The number of halogens is 1. The van der Waals surface area contributed by atoms with Crippen molar-refractivity contribution in [1.82, 2.24) is 9.97 Å². The number of imidazole rings is 1. The molecule has 0 aliphatic heterocycles. The number of para-hydroxylation sites is 1. The number of H-pyrrole nitrogens is 1. The number of fused-ring (bicyclic) bond motifs is 1. The molecule has 90 valence electrons. The maximum Gasteiger partial charge on any atom is 0.125 e. The van der Waals surface area contributed by atoms with E-state index >= 15 is 0 Å². The minimum atomic E-state index is -0.291. The van der Waals surface area contributed by atoms with Crippen molar-refractivity contribution in [2.24, 2.45) is 0 Å². The van der Waals surface area contributed by atoms with E-state index in [2.05, 4.69) is 9.97 Å². The van der Waals surface area contributed by atoms with Gasteiger partial charge in [0, 0.05) is 12.0 Å². The highest BCUT2D eigenvalue weighted by Gasteiger charge is 2.07. The normalized spacial score (nSPS) is 10.9. The van der Waals surface area contributed by atoms with Crippen molar-refractivity contribution in [2.45, 2.75) is 6.42 Å². The third-order valence-corrected chi connectivity index (χ3v) is 2.84. The lowest BCUT2D eigenvalue weighted by atomic mass is 10.1. The maximum atomic E-state index is 13.0. The molecule has 2 N–H and O–H groups in total. The smallest absolute Gasteiger partial charge is 0.125 e. The van der Waals surface area contributed by atoms with Crippen LogP contribution in [0.25, 0.3) is 11.0 Å². The van der Waals surface area contributed by atoms with Crippen LogP contribution in [0.1, 0.15) is 11.4 Å². The highest BCUT2D eigenvalue weighted by Crippen LogP contribution is 2.20. The average molecular weight is 242 g/mol. The van der Waals surface area contributed by atoms with Gasteiger partial charge in [0.25, 0.3) is 0 Å². The monoisotopic (exact) mass is 242 g/mol. The first-order chi connectivity index (χ1) is 8.72. The van der Waals surface area contributed by atoms with Gasteiger partial charge in [-0.15, -0.1) is 0 Å². The summed E-state index contributed by atoms with van der Waals surface area (Å²) in [5.74, 6) is 0.654. The zero-order valence-electron chi connectivity index (χ0n) is 9.52. The summed E-state index contributed by atoms with van der Waals surface area (Å²) in [7, 11) is 0. The van der Waals surface area contributed by atoms with E-state index in [9.17, 15) is 9.50 Å². The fourth-order valence-electron chi connectivity index (χ4n) is 1.96. The maximum absolute atomic E-state index is 13.0. The SMILES string of the molecule is Oc1ccccc1Cc1nc2ccc(F)cc2[nH]1. The Morgan fingerprint density at radius 1 is 1.17 bits per heavy atom. The molecule has 0 radical (unpaired) electrons. The lowest BCUT2D eigenvalue weighted by Gasteiger charge is -2.00. The van der Waals surface area contributed by atoms with Crippen molar-refractivity contribution in [3.05, 3.63) is 59.7 Å². The molecule has 4 heteroatoms. The van der Waals surface area contributed by atoms with Gasteiger partial charge in [0.1, 0.15) is 17.4 Å². The van der Waals surface area contributed by atoms with Gasteiger partial charge in [-0.3, -0.25) is 0 Å². The number of benzene rings is 2. The molecular weight excluding hydrogens is 231 g/mol. The molecule has 0 aliphatic carbocycles. The van der Waals surface area contributed by atoms with Crippen molar-refractivity contribution < 1.29 is 9.50 Å². The first-order valence-electron chi connectivity index (χ1n) is 5.63. The number of rotatable bonds is 2. The van der Waals surface area contributed by atoms with Crippen LogP contribution in [0.2, 0.25) is 0 Å². The van der Waals surface area contributed by atoms with Crippen molar-refractivity contribution in [1.29, 1.82) is 0 Å². The average Bonchev–Trinajstić information content (AvgIpc) is 2.73. The van der Waals surface area contributed by atoms with Gasteiger partial charge in [-0.1, -0.05) is 18.2 Å². The van der Waals surface area contributed by atoms with Gasteiger partial charge in [0.2, 0.25) is 0 Å². The fourth-order valence-corrected chi connectivity index (χ4v) is 1.96. The standard InChI is InChI=1S/C14H11FN2O/c15-10-5-6-11-12(8-10)17-14(16-11)7-9-3-1-2-4-13(9)18/h1-6,8,18H,7H2,(H,16,17). The van der Waals surface area contributed by atoms with Crippen LogP contribution in [0.3, 0.4) is 0 Å². The second-order valence-corrected chi connectivity index (χ2v) is 4.15. The number of aromatic hydroxyl groups is 1. The van der Waals surface area contributed by atoms with Crippen LogP contribution in [-0.4, -0.2) is 15.1 Å². The molecule has 0 bridgehead atoms. The molecule has 1 aromatic heterocycles. The molecule has 0 unspecified atom stereocenters. The van der Waals surface area contributed by atoms with Crippen molar-refractivity contribution in [3.8, 4) is 5.75 Å². The number of nitrogens with zero attached hydrogens (tertiary/aromatic N) is 1. The van der Waals surface area contributed by atoms with Gasteiger partial charge in [-0.05, 0) is 24.3 Å². The Balaban J connectivity index is 1.98.